The van der Waals surface area contributed by atoms with Crippen LogP contribution in [-0.4, -0.2) is 16.5 Å². The van der Waals surface area contributed by atoms with Crippen LogP contribution in [0.15, 0.2) is 12.4 Å². The Bertz CT molecular complexity index is 169. The lowest BCUT2D eigenvalue weighted by Crippen LogP contribution is -2.03. The van der Waals surface area contributed by atoms with Crippen LogP contribution in [0.4, 0.5) is 0 Å². The third-order valence-electron chi connectivity index (χ3n) is 1.64. The summed E-state index contributed by atoms with van der Waals surface area (Å²) in [4.78, 5) is 6.92. The van der Waals surface area contributed by atoms with E-state index >= 15 is 0 Å². The first-order valence-electron chi connectivity index (χ1n) is 5.03. The monoisotopic (exact) mass is 199 g/mol. The van der Waals surface area contributed by atoms with E-state index in [0.29, 0.717) is 6.54 Å². The van der Waals surface area contributed by atoms with Crippen molar-refractivity contribution in [3.05, 3.63) is 18.2 Å². The number of nitrogens with one attached hydrogen (secondary N) is 1. The number of rotatable bonds is 4. The molecule has 1 rings (SSSR count). The van der Waals surface area contributed by atoms with Gasteiger partial charge in [-0.05, 0) is 6.54 Å². The van der Waals surface area contributed by atoms with Crippen LogP contribution in [0.1, 0.15) is 46.4 Å². The first kappa shape index (κ1) is 15.6. The summed E-state index contributed by atoms with van der Waals surface area (Å²) in [5.41, 5.74) is 5.26. The Kier molecular flexibility index (Phi) is 13.6. The summed E-state index contributed by atoms with van der Waals surface area (Å²) >= 11 is 0. The maximum absolute atomic E-state index is 5.26. The van der Waals surface area contributed by atoms with Gasteiger partial charge in [0.05, 0.1) is 0 Å². The highest BCUT2D eigenvalue weighted by atomic mass is 14.9. The Morgan fingerprint density at radius 2 is 2.00 bits per heavy atom. The molecule has 84 valence electrons. The summed E-state index contributed by atoms with van der Waals surface area (Å²) in [6.45, 7) is 5.08. The van der Waals surface area contributed by atoms with E-state index in [1.807, 2.05) is 0 Å². The molecule has 0 aliphatic carbocycles. The van der Waals surface area contributed by atoms with Gasteiger partial charge in [0, 0.05) is 18.8 Å². The molecule has 3 heteroatoms. The third-order valence-corrected chi connectivity index (χ3v) is 1.64. The van der Waals surface area contributed by atoms with Crippen LogP contribution in [0.3, 0.4) is 0 Å². The predicted octanol–water partition coefficient (Wildman–Crippen LogP) is 2.74. The number of hydrogen-bond acceptors (Lipinski definition) is 2. The van der Waals surface area contributed by atoms with E-state index in [-0.39, 0.29) is 7.43 Å². The lowest BCUT2D eigenvalue weighted by Gasteiger charge is -1.86. The lowest BCUT2D eigenvalue weighted by molar-refractivity contribution is 0.772. The molecule has 0 unspecified atom stereocenters. The van der Waals surface area contributed by atoms with Crippen molar-refractivity contribution >= 4 is 0 Å². The summed E-state index contributed by atoms with van der Waals surface area (Å²) in [6.07, 6.45) is 8.44. The fraction of sp³-hybridized carbons (Fsp3) is 0.727. The van der Waals surface area contributed by atoms with Crippen LogP contribution >= 0.6 is 0 Å². The average molecular weight is 199 g/mol. The van der Waals surface area contributed by atoms with Gasteiger partial charge in [0.2, 0.25) is 0 Å². The quantitative estimate of drug-likeness (QED) is 0.783. The van der Waals surface area contributed by atoms with Crippen molar-refractivity contribution < 1.29 is 0 Å². The maximum Gasteiger partial charge on any atom is 0.107 e. The molecule has 0 saturated heterocycles. The van der Waals surface area contributed by atoms with Gasteiger partial charge < -0.3 is 10.7 Å². The van der Waals surface area contributed by atoms with E-state index in [9.17, 15) is 0 Å². The van der Waals surface area contributed by atoms with Gasteiger partial charge in [-0.15, -0.1) is 0 Å². The lowest BCUT2D eigenvalue weighted by atomic mass is 10.3. The van der Waals surface area contributed by atoms with Gasteiger partial charge in [0.1, 0.15) is 5.82 Å². The highest BCUT2D eigenvalue weighted by molar-refractivity contribution is 4.86. The fourth-order valence-electron chi connectivity index (χ4n) is 0.925. The fourth-order valence-corrected chi connectivity index (χ4v) is 0.925. The molecule has 3 nitrogen and oxygen atoms in total. The Morgan fingerprint density at radius 3 is 2.29 bits per heavy atom. The molecule has 0 bridgehead atoms. The minimum atomic E-state index is 0. The van der Waals surface area contributed by atoms with Gasteiger partial charge in [-0.1, -0.05) is 40.5 Å². The molecule has 14 heavy (non-hydrogen) atoms. The topological polar surface area (TPSA) is 54.7 Å². The Hall–Kier alpha value is -0.830. The third kappa shape index (κ3) is 9.26. The second-order valence-electron chi connectivity index (χ2n) is 2.93. The molecule has 1 heterocycles. The Balaban J connectivity index is 0. The zero-order valence-electron chi connectivity index (χ0n) is 8.71. The van der Waals surface area contributed by atoms with Gasteiger partial charge in [-0.2, -0.15) is 0 Å². The second kappa shape index (κ2) is 12.2. The molecule has 0 radical (unpaired) electrons. The minimum absolute atomic E-state index is 0. The van der Waals surface area contributed by atoms with E-state index in [1.54, 1.807) is 12.4 Å². The van der Waals surface area contributed by atoms with Crippen molar-refractivity contribution in [3.63, 3.8) is 0 Å². The average Bonchev–Trinajstić information content (AvgIpc) is 2.60. The van der Waals surface area contributed by atoms with Crippen LogP contribution < -0.4 is 5.73 Å². The zero-order chi connectivity index (χ0) is 9.94. The summed E-state index contributed by atoms with van der Waals surface area (Å²) in [5.74, 6) is 0.965. The van der Waals surface area contributed by atoms with Gasteiger partial charge in [0.15, 0.2) is 0 Å². The first-order valence-corrected chi connectivity index (χ1v) is 5.03. The molecule has 1 aromatic rings. The van der Waals surface area contributed by atoms with Gasteiger partial charge >= 0.3 is 0 Å². The number of hydrogen-bond donors (Lipinski definition) is 2. The normalized spacial score (nSPS) is 8.50. The van der Waals surface area contributed by atoms with Crippen molar-refractivity contribution in [1.29, 1.82) is 0 Å². The summed E-state index contributed by atoms with van der Waals surface area (Å²) in [5, 5.41) is 0. The number of nitrogens with two attached hydrogens (primary N) is 1. The van der Waals surface area contributed by atoms with E-state index in [1.165, 1.54) is 19.3 Å². The number of imidazole rings is 1. The minimum Gasteiger partial charge on any atom is -0.349 e. The van der Waals surface area contributed by atoms with Crippen LogP contribution in [0.2, 0.25) is 0 Å². The second-order valence-corrected chi connectivity index (χ2v) is 2.93. The van der Waals surface area contributed by atoms with Gasteiger partial charge in [-0.3, -0.25) is 0 Å². The van der Waals surface area contributed by atoms with E-state index in [2.05, 4.69) is 23.8 Å². The van der Waals surface area contributed by atoms with E-state index in [0.717, 1.165) is 12.2 Å². The summed E-state index contributed by atoms with van der Waals surface area (Å²) < 4.78 is 0. The zero-order valence-corrected chi connectivity index (χ0v) is 8.71. The van der Waals surface area contributed by atoms with Crippen molar-refractivity contribution in [2.24, 2.45) is 5.73 Å². The largest absolute Gasteiger partial charge is 0.349 e. The van der Waals surface area contributed by atoms with E-state index < -0.39 is 0 Å². The van der Waals surface area contributed by atoms with Crippen LogP contribution in [0, 0.1) is 0 Å². The number of H-pyrrole nitrogens is 1. The number of unbranched alkanes of at least 4 members (excludes halogenated alkanes) is 2. The molecule has 1 aromatic heterocycles. The number of nitrogens with zero attached hydrogens (tertiary/aromatic N) is 1. The molecule has 0 amide bonds. The van der Waals surface area contributed by atoms with Gasteiger partial charge in [-0.25, -0.2) is 4.98 Å². The molecule has 0 atom stereocenters. The molecule has 0 spiro atoms. The first-order chi connectivity index (χ1) is 6.35. The molecular formula is C11H25N3. The van der Waals surface area contributed by atoms with Crippen LogP contribution in [-0.2, 0) is 6.42 Å². The molecule has 0 aliphatic rings. The van der Waals surface area contributed by atoms with Crippen molar-refractivity contribution in [3.8, 4) is 0 Å². The molecule has 0 saturated carbocycles. The number of aromatic nitrogens is 2. The summed E-state index contributed by atoms with van der Waals surface area (Å²) in [6, 6.07) is 0. The smallest absolute Gasteiger partial charge is 0.107 e. The van der Waals surface area contributed by atoms with Crippen LogP contribution in [0.5, 0.6) is 0 Å². The molecule has 3 N–H and O–H groups in total. The maximum atomic E-state index is 5.26. The van der Waals surface area contributed by atoms with E-state index in [4.69, 9.17) is 5.73 Å². The Morgan fingerprint density at radius 1 is 1.36 bits per heavy atom. The summed E-state index contributed by atoms with van der Waals surface area (Å²) in [7, 11) is 0. The standard InChI is InChI=1S/C5H9N3.C5H12.CH4/c6-2-1-5-7-3-4-8-5;1-3-5-4-2;/h3-4H,1-2,6H2,(H,7,8);3-5H2,1-2H3;1H4. The molecule has 0 fully saturated rings. The van der Waals surface area contributed by atoms with Crippen LogP contribution in [0.25, 0.3) is 0 Å². The predicted molar refractivity (Wildman–Crippen MR) is 63.3 cm³/mol. The highest BCUT2D eigenvalue weighted by Crippen LogP contribution is 1.88. The van der Waals surface area contributed by atoms with Gasteiger partial charge in [0.25, 0.3) is 0 Å². The molecule has 0 aromatic carbocycles. The number of aromatic amines is 1. The van der Waals surface area contributed by atoms with Crippen molar-refractivity contribution in [2.45, 2.75) is 47.0 Å². The SMILES string of the molecule is C.CCCCC.NCCc1ncc[nH]1. The van der Waals surface area contributed by atoms with Crippen molar-refractivity contribution in [1.82, 2.24) is 9.97 Å². The Labute approximate surface area is 88.1 Å². The molecular weight excluding hydrogens is 174 g/mol. The van der Waals surface area contributed by atoms with Crippen molar-refractivity contribution in [2.75, 3.05) is 6.54 Å². The highest BCUT2D eigenvalue weighted by Gasteiger charge is 1.87. The molecule has 0 aliphatic heterocycles.